The van der Waals surface area contributed by atoms with Crippen molar-refractivity contribution >= 4 is 22.1 Å². The molecule has 0 saturated carbocycles. The summed E-state index contributed by atoms with van der Waals surface area (Å²) in [5.74, 6) is 0.686. The zero-order valence-electron chi connectivity index (χ0n) is 11.1. The average Bonchev–Trinajstić information content (AvgIpc) is 3.01. The summed E-state index contributed by atoms with van der Waals surface area (Å²) in [7, 11) is 0. The number of benzene rings is 1. The largest absolute Gasteiger partial charge is 0.375 e. The summed E-state index contributed by atoms with van der Waals surface area (Å²) in [4.78, 5) is 18.8. The highest BCUT2D eigenvalue weighted by Crippen LogP contribution is 2.32. The van der Waals surface area contributed by atoms with Crippen molar-refractivity contribution < 1.29 is 4.92 Å². The van der Waals surface area contributed by atoms with E-state index in [0.29, 0.717) is 16.6 Å². The molecule has 2 aromatic heterocycles. The van der Waals surface area contributed by atoms with E-state index in [9.17, 15) is 10.1 Å². The number of nitro benzene ring substituents is 1. The van der Waals surface area contributed by atoms with Crippen LogP contribution < -0.4 is 5.32 Å². The van der Waals surface area contributed by atoms with E-state index in [2.05, 4.69) is 25.5 Å². The molecule has 106 valence electrons. The molecule has 8 nitrogen and oxygen atoms in total. The summed E-state index contributed by atoms with van der Waals surface area (Å²) >= 11 is 0. The van der Waals surface area contributed by atoms with Crippen LogP contribution >= 0.6 is 0 Å². The smallest absolute Gasteiger partial charge is 0.277 e. The van der Waals surface area contributed by atoms with Gasteiger partial charge in [-0.3, -0.25) is 20.2 Å². The molecule has 2 heterocycles. The minimum absolute atomic E-state index is 0.0604. The number of fused-ring (bicyclic) bond motifs is 1. The second-order valence-corrected chi connectivity index (χ2v) is 4.55. The van der Waals surface area contributed by atoms with E-state index in [1.54, 1.807) is 24.5 Å². The molecule has 21 heavy (non-hydrogen) atoms. The van der Waals surface area contributed by atoms with E-state index in [1.807, 2.05) is 6.92 Å². The first-order chi connectivity index (χ1) is 10.2. The third kappa shape index (κ3) is 2.38. The van der Waals surface area contributed by atoms with Crippen molar-refractivity contribution in [3.8, 4) is 0 Å². The summed E-state index contributed by atoms with van der Waals surface area (Å²) in [6.45, 7) is 1.92. The maximum Gasteiger partial charge on any atom is 0.277 e. The number of nitrogens with zero attached hydrogens (tertiary/aromatic N) is 4. The molecule has 0 spiro atoms. The van der Waals surface area contributed by atoms with Crippen molar-refractivity contribution in [2.75, 3.05) is 5.32 Å². The van der Waals surface area contributed by atoms with Crippen LogP contribution in [0.2, 0.25) is 0 Å². The maximum absolute atomic E-state index is 11.1. The third-order valence-electron chi connectivity index (χ3n) is 3.21. The second-order valence-electron chi connectivity index (χ2n) is 4.55. The van der Waals surface area contributed by atoms with Gasteiger partial charge in [-0.1, -0.05) is 0 Å². The standard InChI is InChI=1S/C13H12N6O2/c1-8(13-15-7-16-18-13)17-11-2-3-12(19(20)21)9-4-5-14-6-10(9)11/h2-8,17H,1H3,(H,15,16,18). The number of pyridine rings is 1. The topological polar surface area (TPSA) is 110 Å². The molecular formula is C13H12N6O2. The van der Waals surface area contributed by atoms with E-state index in [1.165, 1.54) is 12.4 Å². The molecule has 1 atom stereocenters. The van der Waals surface area contributed by atoms with Crippen molar-refractivity contribution in [3.05, 3.63) is 52.9 Å². The van der Waals surface area contributed by atoms with Crippen molar-refractivity contribution in [2.45, 2.75) is 13.0 Å². The van der Waals surface area contributed by atoms with Crippen molar-refractivity contribution in [2.24, 2.45) is 0 Å². The van der Waals surface area contributed by atoms with Gasteiger partial charge in [-0.15, -0.1) is 0 Å². The average molecular weight is 284 g/mol. The van der Waals surface area contributed by atoms with Gasteiger partial charge in [0, 0.05) is 29.5 Å². The van der Waals surface area contributed by atoms with Gasteiger partial charge in [0.1, 0.15) is 12.2 Å². The number of hydrogen-bond acceptors (Lipinski definition) is 6. The number of non-ortho nitro benzene ring substituents is 1. The number of rotatable bonds is 4. The van der Waals surface area contributed by atoms with Crippen molar-refractivity contribution in [1.29, 1.82) is 0 Å². The van der Waals surface area contributed by atoms with Gasteiger partial charge in [0.05, 0.1) is 16.4 Å². The minimum Gasteiger partial charge on any atom is -0.375 e. The van der Waals surface area contributed by atoms with Crippen LogP contribution in [0.15, 0.2) is 36.9 Å². The fourth-order valence-electron chi connectivity index (χ4n) is 2.18. The first-order valence-electron chi connectivity index (χ1n) is 6.29. The Bertz CT molecular complexity index is 786. The normalized spacial score (nSPS) is 12.2. The van der Waals surface area contributed by atoms with Gasteiger partial charge in [-0.25, -0.2) is 4.98 Å². The van der Waals surface area contributed by atoms with E-state index >= 15 is 0 Å². The maximum atomic E-state index is 11.1. The molecule has 1 aromatic carbocycles. The van der Waals surface area contributed by atoms with Crippen LogP contribution in [-0.4, -0.2) is 25.1 Å². The van der Waals surface area contributed by atoms with E-state index < -0.39 is 4.92 Å². The molecule has 1 unspecified atom stereocenters. The van der Waals surface area contributed by atoms with Crippen molar-refractivity contribution in [1.82, 2.24) is 20.2 Å². The van der Waals surface area contributed by atoms with E-state index in [4.69, 9.17) is 0 Å². The first kappa shape index (κ1) is 13.0. The molecule has 8 heteroatoms. The molecule has 0 aliphatic rings. The number of H-pyrrole nitrogens is 1. The van der Waals surface area contributed by atoms with Crippen LogP contribution in [0.1, 0.15) is 18.8 Å². The number of nitro groups is 1. The van der Waals surface area contributed by atoms with Crippen LogP contribution in [0.5, 0.6) is 0 Å². The number of anilines is 1. The quantitative estimate of drug-likeness (QED) is 0.562. The molecule has 0 amide bonds. The van der Waals surface area contributed by atoms with Crippen LogP contribution in [0, 0.1) is 10.1 Å². The molecule has 0 aliphatic carbocycles. The van der Waals surface area contributed by atoms with Crippen LogP contribution in [0.4, 0.5) is 11.4 Å². The summed E-state index contributed by atoms with van der Waals surface area (Å²) in [6, 6.07) is 4.68. The number of aromatic amines is 1. The molecule has 0 bridgehead atoms. The zero-order chi connectivity index (χ0) is 14.8. The van der Waals surface area contributed by atoms with Crippen molar-refractivity contribution in [3.63, 3.8) is 0 Å². The van der Waals surface area contributed by atoms with E-state index in [0.717, 1.165) is 5.69 Å². The lowest BCUT2D eigenvalue weighted by molar-refractivity contribution is -0.383. The fourth-order valence-corrected chi connectivity index (χ4v) is 2.18. The SMILES string of the molecule is CC(Nc1ccc([N+](=O)[O-])c2ccncc12)c1ncn[nH]1. The summed E-state index contributed by atoms with van der Waals surface area (Å²) in [6.07, 6.45) is 4.58. The zero-order valence-corrected chi connectivity index (χ0v) is 11.1. The molecule has 0 radical (unpaired) electrons. The van der Waals surface area contributed by atoms with Gasteiger partial charge >= 0.3 is 0 Å². The summed E-state index contributed by atoms with van der Waals surface area (Å²) < 4.78 is 0. The lowest BCUT2D eigenvalue weighted by atomic mass is 10.1. The van der Waals surface area contributed by atoms with Gasteiger partial charge < -0.3 is 5.32 Å². The van der Waals surface area contributed by atoms with Gasteiger partial charge in [0.2, 0.25) is 0 Å². The minimum atomic E-state index is -0.397. The number of hydrogen-bond donors (Lipinski definition) is 2. The number of aromatic nitrogens is 4. The van der Waals surface area contributed by atoms with Gasteiger partial charge in [0.15, 0.2) is 0 Å². The molecule has 0 fully saturated rings. The van der Waals surface area contributed by atoms with Gasteiger partial charge in [-0.2, -0.15) is 5.10 Å². The molecule has 3 rings (SSSR count). The third-order valence-corrected chi connectivity index (χ3v) is 3.21. The number of nitrogens with one attached hydrogen (secondary N) is 2. The second kappa shape index (κ2) is 5.16. The molecular weight excluding hydrogens is 272 g/mol. The summed E-state index contributed by atoms with van der Waals surface area (Å²) in [5.41, 5.74) is 0.817. The molecule has 0 aliphatic heterocycles. The Kier molecular flexibility index (Phi) is 3.19. The Hall–Kier alpha value is -3.03. The Labute approximate surface area is 119 Å². The fraction of sp³-hybridized carbons (Fsp3) is 0.154. The molecule has 3 aromatic rings. The highest BCUT2D eigenvalue weighted by molar-refractivity contribution is 5.99. The predicted octanol–water partition coefficient (Wildman–Crippen LogP) is 2.43. The Morgan fingerprint density at radius 1 is 1.33 bits per heavy atom. The molecule has 2 N–H and O–H groups in total. The monoisotopic (exact) mass is 284 g/mol. The lowest BCUT2D eigenvalue weighted by Crippen LogP contribution is -2.09. The Morgan fingerprint density at radius 3 is 2.90 bits per heavy atom. The highest BCUT2D eigenvalue weighted by Gasteiger charge is 2.16. The predicted molar refractivity (Wildman–Crippen MR) is 76.8 cm³/mol. The van der Waals surface area contributed by atoms with Crippen LogP contribution in [0.25, 0.3) is 10.8 Å². The summed E-state index contributed by atoms with van der Waals surface area (Å²) in [5, 5.41) is 22.2. The lowest BCUT2D eigenvalue weighted by Gasteiger charge is -2.14. The van der Waals surface area contributed by atoms with Gasteiger partial charge in [-0.05, 0) is 19.1 Å². The first-order valence-corrected chi connectivity index (χ1v) is 6.29. The molecule has 0 saturated heterocycles. The van der Waals surface area contributed by atoms with Crippen LogP contribution in [0.3, 0.4) is 0 Å². The van der Waals surface area contributed by atoms with Gasteiger partial charge in [0.25, 0.3) is 5.69 Å². The van der Waals surface area contributed by atoms with E-state index in [-0.39, 0.29) is 11.7 Å². The van der Waals surface area contributed by atoms with Crippen LogP contribution in [-0.2, 0) is 0 Å². The highest BCUT2D eigenvalue weighted by atomic mass is 16.6. The Morgan fingerprint density at radius 2 is 2.19 bits per heavy atom. The Balaban J connectivity index is 2.04.